The molecule has 2 aromatic heterocycles. The average molecular weight is 434 g/mol. The quantitative estimate of drug-likeness (QED) is 0.493. The fourth-order valence-electron chi connectivity index (χ4n) is 3.44. The molecule has 2 heterocycles. The van der Waals surface area contributed by atoms with Crippen molar-refractivity contribution >= 4 is 29.1 Å². The zero-order valence-electron chi connectivity index (χ0n) is 15.9. The Morgan fingerprint density at radius 1 is 0.967 bits per heavy atom. The van der Waals surface area contributed by atoms with E-state index in [9.17, 15) is 13.2 Å². The smallest absolute Gasteiger partial charge is 0.351 e. The van der Waals surface area contributed by atoms with Crippen LogP contribution in [-0.4, -0.2) is 21.0 Å². The monoisotopic (exact) mass is 433 g/mol. The van der Waals surface area contributed by atoms with Crippen LogP contribution in [0.3, 0.4) is 0 Å². The number of nitrogens with one attached hydrogen (secondary N) is 2. The zero-order valence-corrected chi connectivity index (χ0v) is 16.6. The molecule has 0 saturated heterocycles. The van der Waals surface area contributed by atoms with Crippen molar-refractivity contribution in [3.05, 3.63) is 59.2 Å². The van der Waals surface area contributed by atoms with Crippen molar-refractivity contribution < 1.29 is 13.2 Å². The van der Waals surface area contributed by atoms with Gasteiger partial charge in [-0.2, -0.15) is 18.2 Å². The summed E-state index contributed by atoms with van der Waals surface area (Å²) in [6.45, 7) is 0. The Kier molecular flexibility index (Phi) is 5.76. The molecule has 5 nitrogen and oxygen atoms in total. The molecule has 0 spiro atoms. The summed E-state index contributed by atoms with van der Waals surface area (Å²) in [6.07, 6.45) is 1.47. The fourth-order valence-corrected chi connectivity index (χ4v) is 3.67. The maximum absolute atomic E-state index is 13.2. The van der Waals surface area contributed by atoms with Gasteiger partial charge in [0.15, 0.2) is 0 Å². The molecule has 0 radical (unpaired) electrons. The van der Waals surface area contributed by atoms with Crippen LogP contribution in [0, 0.1) is 0 Å². The lowest BCUT2D eigenvalue weighted by Gasteiger charge is -2.15. The fraction of sp³-hybridized carbons (Fsp3) is 0.286. The molecular weight excluding hydrogens is 415 g/mol. The average Bonchev–Trinajstić information content (AvgIpc) is 3.22. The Balaban J connectivity index is 1.68. The highest BCUT2D eigenvalue weighted by atomic mass is 35.5. The minimum absolute atomic E-state index is 0.226. The standard InChI is InChI=1S/C21H19ClF3N5/c22-16-9-8-14(11-15(16)21(23,24)25)27-19-12-18(17-7-3-4-10-26-17)29-20(30-19)28-13-5-1-2-6-13/h3-4,7-13H,1-2,5-6H2,(H2,27,28,29,30). The summed E-state index contributed by atoms with van der Waals surface area (Å²) in [5.74, 6) is 0.777. The first kappa shape index (κ1) is 20.4. The van der Waals surface area contributed by atoms with Crippen molar-refractivity contribution in [2.75, 3.05) is 10.6 Å². The largest absolute Gasteiger partial charge is 0.417 e. The normalized spacial score (nSPS) is 14.7. The van der Waals surface area contributed by atoms with Crippen LogP contribution in [0.5, 0.6) is 0 Å². The second kappa shape index (κ2) is 8.47. The van der Waals surface area contributed by atoms with E-state index in [1.807, 2.05) is 12.1 Å². The highest BCUT2D eigenvalue weighted by Crippen LogP contribution is 2.37. The van der Waals surface area contributed by atoms with Crippen molar-refractivity contribution in [1.82, 2.24) is 15.0 Å². The number of aromatic nitrogens is 3. The molecule has 1 aliphatic carbocycles. The summed E-state index contributed by atoms with van der Waals surface area (Å²) >= 11 is 5.72. The van der Waals surface area contributed by atoms with E-state index in [0.29, 0.717) is 23.2 Å². The number of halogens is 4. The van der Waals surface area contributed by atoms with Crippen molar-refractivity contribution in [3.63, 3.8) is 0 Å². The van der Waals surface area contributed by atoms with Crippen LogP contribution in [0.25, 0.3) is 11.4 Å². The third-order valence-corrected chi connectivity index (χ3v) is 5.22. The van der Waals surface area contributed by atoms with Gasteiger partial charge in [0, 0.05) is 24.0 Å². The lowest BCUT2D eigenvalue weighted by Crippen LogP contribution is -2.17. The maximum Gasteiger partial charge on any atom is 0.417 e. The van der Waals surface area contributed by atoms with Gasteiger partial charge in [-0.3, -0.25) is 4.98 Å². The number of pyridine rings is 1. The lowest BCUT2D eigenvalue weighted by molar-refractivity contribution is -0.137. The number of anilines is 3. The first-order valence-corrected chi connectivity index (χ1v) is 9.97. The van der Waals surface area contributed by atoms with Gasteiger partial charge in [-0.05, 0) is 43.2 Å². The summed E-state index contributed by atoms with van der Waals surface area (Å²) in [7, 11) is 0. The molecule has 1 aliphatic rings. The van der Waals surface area contributed by atoms with Crippen molar-refractivity contribution in [2.45, 2.75) is 37.9 Å². The lowest BCUT2D eigenvalue weighted by atomic mass is 10.2. The Labute approximate surface area is 176 Å². The van der Waals surface area contributed by atoms with Crippen LogP contribution in [0.1, 0.15) is 31.2 Å². The van der Waals surface area contributed by atoms with Crippen LogP contribution in [0.2, 0.25) is 5.02 Å². The summed E-state index contributed by atoms with van der Waals surface area (Å²) in [5.41, 5.74) is 0.532. The van der Waals surface area contributed by atoms with Gasteiger partial charge < -0.3 is 10.6 Å². The predicted octanol–water partition coefficient (Wildman–Crippen LogP) is 6.31. The second-order valence-electron chi connectivity index (χ2n) is 7.12. The van der Waals surface area contributed by atoms with E-state index in [1.165, 1.54) is 12.1 Å². The van der Waals surface area contributed by atoms with Gasteiger partial charge in [0.2, 0.25) is 5.95 Å². The highest BCUT2D eigenvalue weighted by Gasteiger charge is 2.33. The molecule has 1 saturated carbocycles. The molecule has 0 atom stereocenters. The third-order valence-electron chi connectivity index (χ3n) is 4.89. The second-order valence-corrected chi connectivity index (χ2v) is 7.53. The molecule has 3 aromatic rings. The predicted molar refractivity (Wildman–Crippen MR) is 111 cm³/mol. The first-order chi connectivity index (χ1) is 14.4. The third kappa shape index (κ3) is 4.81. The van der Waals surface area contributed by atoms with E-state index < -0.39 is 11.7 Å². The highest BCUT2D eigenvalue weighted by molar-refractivity contribution is 6.31. The minimum Gasteiger partial charge on any atom is -0.351 e. The Bertz CT molecular complexity index is 1020. The van der Waals surface area contributed by atoms with E-state index in [0.717, 1.165) is 31.7 Å². The molecule has 0 aliphatic heterocycles. The van der Waals surface area contributed by atoms with Gasteiger partial charge in [0.1, 0.15) is 5.82 Å². The van der Waals surface area contributed by atoms with E-state index in [4.69, 9.17) is 11.6 Å². The molecule has 2 N–H and O–H groups in total. The van der Waals surface area contributed by atoms with Crippen molar-refractivity contribution in [3.8, 4) is 11.4 Å². The summed E-state index contributed by atoms with van der Waals surface area (Å²) in [5, 5.41) is 5.92. The molecule has 156 valence electrons. The first-order valence-electron chi connectivity index (χ1n) is 9.59. The maximum atomic E-state index is 13.2. The molecule has 4 rings (SSSR count). The summed E-state index contributed by atoms with van der Waals surface area (Å²) < 4.78 is 39.6. The topological polar surface area (TPSA) is 62.7 Å². The van der Waals surface area contributed by atoms with Crippen LogP contribution in [0.4, 0.5) is 30.6 Å². The number of hydrogen-bond acceptors (Lipinski definition) is 5. The Hall–Kier alpha value is -2.87. The number of alkyl halides is 3. The van der Waals surface area contributed by atoms with Gasteiger partial charge in [-0.25, -0.2) is 4.98 Å². The molecule has 1 fully saturated rings. The van der Waals surface area contributed by atoms with Crippen molar-refractivity contribution in [1.29, 1.82) is 0 Å². The Morgan fingerprint density at radius 2 is 1.77 bits per heavy atom. The van der Waals surface area contributed by atoms with E-state index in [2.05, 4.69) is 25.6 Å². The number of benzene rings is 1. The molecule has 0 bridgehead atoms. The van der Waals surface area contributed by atoms with Crippen LogP contribution in [-0.2, 0) is 6.18 Å². The van der Waals surface area contributed by atoms with Crippen LogP contribution < -0.4 is 10.6 Å². The van der Waals surface area contributed by atoms with Crippen molar-refractivity contribution in [2.24, 2.45) is 0 Å². The number of nitrogens with zero attached hydrogens (tertiary/aromatic N) is 3. The van der Waals surface area contributed by atoms with Gasteiger partial charge >= 0.3 is 6.18 Å². The van der Waals surface area contributed by atoms with E-state index in [1.54, 1.807) is 18.3 Å². The Morgan fingerprint density at radius 3 is 2.47 bits per heavy atom. The van der Waals surface area contributed by atoms with Gasteiger partial charge in [0.05, 0.1) is 22.0 Å². The molecule has 9 heteroatoms. The molecule has 0 amide bonds. The molecular formula is C21H19ClF3N5. The van der Waals surface area contributed by atoms with Gasteiger partial charge in [-0.1, -0.05) is 30.5 Å². The SMILES string of the molecule is FC(F)(F)c1cc(Nc2cc(-c3ccccn3)nc(NC3CCCC3)n2)ccc1Cl. The molecule has 30 heavy (non-hydrogen) atoms. The van der Waals surface area contributed by atoms with E-state index in [-0.39, 0.29) is 16.8 Å². The minimum atomic E-state index is -4.55. The zero-order chi connectivity index (χ0) is 21.1. The van der Waals surface area contributed by atoms with Crippen LogP contribution in [0.15, 0.2) is 48.7 Å². The molecule has 0 unspecified atom stereocenters. The van der Waals surface area contributed by atoms with Gasteiger partial charge in [0.25, 0.3) is 0 Å². The van der Waals surface area contributed by atoms with Gasteiger partial charge in [-0.15, -0.1) is 0 Å². The van der Waals surface area contributed by atoms with E-state index >= 15 is 0 Å². The summed E-state index contributed by atoms with van der Waals surface area (Å²) in [6, 6.07) is 11.1. The summed E-state index contributed by atoms with van der Waals surface area (Å²) in [4.78, 5) is 13.3. The number of rotatable bonds is 5. The van der Waals surface area contributed by atoms with Crippen LogP contribution >= 0.6 is 11.6 Å². The molecule has 1 aromatic carbocycles. The number of hydrogen-bond donors (Lipinski definition) is 2.